The SMILES string of the molecule is CC(C)OC(=O)C(C)NP(=O)(NC(C)C(=O)OC(C)C)OC[C@@]1(CN=[N+]=[N-])OC[C@](F)(n2ccc(=O)[nH]c2=O)[C@@H]1O. The van der Waals surface area contributed by atoms with E-state index in [2.05, 4.69) is 20.2 Å². The van der Waals surface area contributed by atoms with Crippen LogP contribution in [0.4, 0.5) is 4.39 Å². The molecule has 0 radical (unpaired) electrons. The number of nitrogens with one attached hydrogen (secondary N) is 3. The van der Waals surface area contributed by atoms with Gasteiger partial charge in [0.2, 0.25) is 5.79 Å². The number of H-pyrrole nitrogens is 1. The minimum absolute atomic E-state index is 0.390. The summed E-state index contributed by atoms with van der Waals surface area (Å²) in [5, 5.41) is 19.3. The molecule has 1 saturated heterocycles. The lowest BCUT2D eigenvalue weighted by Gasteiger charge is -2.35. The van der Waals surface area contributed by atoms with Gasteiger partial charge in [0.05, 0.1) is 25.4 Å². The number of ether oxygens (including phenoxy) is 3. The van der Waals surface area contributed by atoms with Crippen molar-refractivity contribution in [2.24, 2.45) is 5.11 Å². The highest BCUT2D eigenvalue weighted by Gasteiger charge is 2.61. The summed E-state index contributed by atoms with van der Waals surface area (Å²) in [5.41, 5.74) is 4.65. The van der Waals surface area contributed by atoms with E-state index in [1.165, 1.54) is 13.8 Å². The molecule has 230 valence electrons. The highest BCUT2D eigenvalue weighted by atomic mass is 31.2. The number of aromatic nitrogens is 2. The predicted octanol–water partition coefficient (Wildman–Crippen LogP) is 0.583. The van der Waals surface area contributed by atoms with Gasteiger partial charge in [-0.05, 0) is 47.1 Å². The van der Waals surface area contributed by atoms with Crippen LogP contribution in [-0.2, 0) is 38.7 Å². The predicted molar refractivity (Wildman–Crippen MR) is 140 cm³/mol. The molecule has 0 amide bonds. The molecule has 1 aliphatic rings. The van der Waals surface area contributed by atoms with Gasteiger partial charge in [-0.3, -0.25) is 28.5 Å². The molecule has 0 saturated carbocycles. The minimum Gasteiger partial charge on any atom is -0.462 e. The summed E-state index contributed by atoms with van der Waals surface area (Å²) < 4.78 is 51.7. The van der Waals surface area contributed by atoms with Gasteiger partial charge in [-0.2, -0.15) is 0 Å². The second-order valence-corrected chi connectivity index (χ2v) is 11.8. The van der Waals surface area contributed by atoms with Crippen molar-refractivity contribution in [2.45, 2.75) is 83.3 Å². The lowest BCUT2D eigenvalue weighted by Crippen LogP contribution is -2.56. The lowest BCUT2D eigenvalue weighted by atomic mass is 9.93. The molecule has 2 unspecified atom stereocenters. The fourth-order valence-electron chi connectivity index (χ4n) is 3.76. The molecule has 4 N–H and O–H groups in total. The molecule has 1 aromatic heterocycles. The van der Waals surface area contributed by atoms with Crippen LogP contribution in [0.2, 0.25) is 0 Å². The van der Waals surface area contributed by atoms with Gasteiger partial charge >= 0.3 is 25.3 Å². The van der Waals surface area contributed by atoms with E-state index in [4.69, 9.17) is 24.3 Å². The number of carbonyl (C=O) groups is 2. The summed E-state index contributed by atoms with van der Waals surface area (Å²) in [6.07, 6.45) is -2.49. The van der Waals surface area contributed by atoms with Crippen LogP contribution in [0.25, 0.3) is 10.4 Å². The molecule has 2 heterocycles. The van der Waals surface area contributed by atoms with Crippen molar-refractivity contribution in [3.05, 3.63) is 43.5 Å². The molecule has 2 rings (SSSR count). The molecule has 1 aliphatic heterocycles. The van der Waals surface area contributed by atoms with E-state index in [0.29, 0.717) is 4.57 Å². The topological polar surface area (TPSA) is 236 Å². The highest BCUT2D eigenvalue weighted by molar-refractivity contribution is 7.54. The Morgan fingerprint density at radius 3 is 2.22 bits per heavy atom. The number of hydrogen-bond donors (Lipinski definition) is 4. The Hall–Kier alpha value is -3.11. The number of aromatic amines is 1. The van der Waals surface area contributed by atoms with E-state index in [1.807, 2.05) is 4.98 Å². The van der Waals surface area contributed by atoms with Gasteiger partial charge in [-0.15, -0.1) is 0 Å². The Kier molecular flexibility index (Phi) is 11.4. The van der Waals surface area contributed by atoms with Crippen LogP contribution in [0.5, 0.6) is 0 Å². The maximum absolute atomic E-state index is 16.1. The van der Waals surface area contributed by atoms with Crippen LogP contribution in [0, 0.1) is 0 Å². The summed E-state index contributed by atoms with van der Waals surface area (Å²) in [4.78, 5) is 53.0. The minimum atomic E-state index is -4.48. The first kappa shape index (κ1) is 34.1. The number of aliphatic hydroxyl groups excluding tert-OH is 1. The number of aliphatic hydroxyl groups is 1. The quantitative estimate of drug-likeness (QED) is 0.0747. The molecule has 41 heavy (non-hydrogen) atoms. The zero-order valence-corrected chi connectivity index (χ0v) is 24.3. The molecular weight excluding hydrogens is 572 g/mol. The Bertz CT molecular complexity index is 1280. The molecule has 0 spiro atoms. The maximum atomic E-state index is 16.1. The molecule has 5 atom stereocenters. The average Bonchev–Trinajstić information content (AvgIpc) is 3.11. The Labute approximate surface area is 233 Å². The first-order valence-electron chi connectivity index (χ1n) is 12.5. The maximum Gasteiger partial charge on any atom is 0.342 e. The molecule has 0 aromatic carbocycles. The van der Waals surface area contributed by atoms with Gasteiger partial charge in [-0.1, -0.05) is 5.11 Å². The van der Waals surface area contributed by atoms with Crippen molar-refractivity contribution < 1.29 is 42.4 Å². The standard InChI is InChI=1S/C22H35FN7O10P/c1-12(2)39-17(32)14(5)27-41(36,28-15(6)18(33)40-13(3)4)38-10-21(9-25-29-24)19(34)22(23,11-37-21)30-8-7-16(31)26-20(30)35/h7-8,12-15,19,34H,9-11H2,1-6H3,(H,26,31,35)(H2,27,28,36)/t14?,15?,19-,21-,22+,41?/m1/s1. The van der Waals surface area contributed by atoms with Crippen LogP contribution in [-0.4, -0.2) is 82.4 Å². The zero-order chi connectivity index (χ0) is 31.2. The van der Waals surface area contributed by atoms with Gasteiger partial charge in [0.25, 0.3) is 5.56 Å². The van der Waals surface area contributed by atoms with Crippen LogP contribution in [0.15, 0.2) is 27.0 Å². The number of carbonyl (C=O) groups excluding carboxylic acids is 2. The van der Waals surface area contributed by atoms with Gasteiger partial charge in [0, 0.05) is 17.2 Å². The zero-order valence-electron chi connectivity index (χ0n) is 23.4. The Balaban J connectivity index is 2.43. The Morgan fingerprint density at radius 2 is 1.76 bits per heavy atom. The van der Waals surface area contributed by atoms with Crippen molar-refractivity contribution >= 4 is 19.6 Å². The Morgan fingerprint density at radius 1 is 1.22 bits per heavy atom. The average molecular weight is 608 g/mol. The van der Waals surface area contributed by atoms with E-state index >= 15 is 4.39 Å². The van der Waals surface area contributed by atoms with E-state index < -0.39 is 92.4 Å². The summed E-state index contributed by atoms with van der Waals surface area (Å²) in [6, 6.07) is -1.67. The van der Waals surface area contributed by atoms with E-state index in [-0.39, 0.29) is 0 Å². The number of halogens is 1. The molecule has 0 aliphatic carbocycles. The van der Waals surface area contributed by atoms with Gasteiger partial charge in [0.1, 0.15) is 30.4 Å². The molecule has 17 nitrogen and oxygen atoms in total. The van der Waals surface area contributed by atoms with E-state index in [9.17, 15) is 28.8 Å². The van der Waals surface area contributed by atoms with Crippen molar-refractivity contribution in [3.63, 3.8) is 0 Å². The lowest BCUT2D eigenvalue weighted by molar-refractivity contribution is -0.149. The van der Waals surface area contributed by atoms with E-state index in [1.54, 1.807) is 27.7 Å². The first-order chi connectivity index (χ1) is 19.0. The van der Waals surface area contributed by atoms with E-state index in [0.717, 1.165) is 12.3 Å². The molecular formula is C22H35FN7O10P. The summed E-state index contributed by atoms with van der Waals surface area (Å²) in [5.74, 6) is -4.61. The van der Waals surface area contributed by atoms with Crippen molar-refractivity contribution in [2.75, 3.05) is 19.8 Å². The van der Waals surface area contributed by atoms with Crippen molar-refractivity contribution in [1.29, 1.82) is 0 Å². The second-order valence-electron chi connectivity index (χ2n) is 9.94. The number of hydrogen-bond acceptors (Lipinski definition) is 11. The molecule has 1 aromatic rings. The number of rotatable bonds is 14. The number of azide groups is 1. The van der Waals surface area contributed by atoms with Gasteiger partial charge < -0.3 is 23.8 Å². The number of nitrogens with zero attached hydrogens (tertiary/aromatic N) is 4. The molecule has 1 fully saturated rings. The van der Waals surface area contributed by atoms with Crippen LogP contribution < -0.4 is 21.4 Å². The van der Waals surface area contributed by atoms with Gasteiger partial charge in [-0.25, -0.2) is 19.4 Å². The normalized spacial score (nSPS) is 25.3. The monoisotopic (exact) mass is 607 g/mol. The van der Waals surface area contributed by atoms with Crippen molar-refractivity contribution in [1.82, 2.24) is 19.7 Å². The smallest absolute Gasteiger partial charge is 0.342 e. The summed E-state index contributed by atoms with van der Waals surface area (Å²) in [6.45, 7) is 6.34. The third-order valence-corrected chi connectivity index (χ3v) is 7.68. The number of esters is 2. The molecule has 0 bridgehead atoms. The second kappa shape index (κ2) is 13.7. The van der Waals surface area contributed by atoms with Crippen LogP contribution in [0.1, 0.15) is 41.5 Å². The largest absolute Gasteiger partial charge is 0.462 e. The first-order valence-corrected chi connectivity index (χ1v) is 14.2. The van der Waals surface area contributed by atoms with Crippen LogP contribution in [0.3, 0.4) is 0 Å². The van der Waals surface area contributed by atoms with Crippen LogP contribution >= 0.6 is 7.67 Å². The van der Waals surface area contributed by atoms with Crippen molar-refractivity contribution in [3.8, 4) is 0 Å². The number of alkyl halides is 1. The fourth-order valence-corrected chi connectivity index (χ4v) is 5.62. The summed E-state index contributed by atoms with van der Waals surface area (Å²) in [7, 11) is -4.48. The third kappa shape index (κ3) is 8.45. The molecule has 19 heteroatoms. The fraction of sp³-hybridized carbons (Fsp3) is 0.727. The summed E-state index contributed by atoms with van der Waals surface area (Å²) >= 11 is 0. The highest BCUT2D eigenvalue weighted by Crippen LogP contribution is 2.45. The van der Waals surface area contributed by atoms with Gasteiger partial charge in [0.15, 0.2) is 0 Å². The third-order valence-electron chi connectivity index (χ3n) is 5.73.